The fourth-order valence-corrected chi connectivity index (χ4v) is 3.07. The van der Waals surface area contributed by atoms with Gasteiger partial charge in [0, 0.05) is 31.3 Å². The molecule has 1 aliphatic heterocycles. The van der Waals surface area contributed by atoms with Gasteiger partial charge in [0.1, 0.15) is 11.5 Å². The Balaban J connectivity index is 1.75. The largest absolute Gasteiger partial charge is 0.366 e. The highest BCUT2D eigenvalue weighted by Gasteiger charge is 2.23. The van der Waals surface area contributed by atoms with Crippen molar-refractivity contribution in [3.05, 3.63) is 69.0 Å². The molecule has 1 fully saturated rings. The van der Waals surface area contributed by atoms with Crippen LogP contribution in [0.25, 0.3) is 0 Å². The number of nitro benzene ring substituents is 1. The van der Waals surface area contributed by atoms with Crippen LogP contribution in [0.3, 0.4) is 0 Å². The summed E-state index contributed by atoms with van der Waals surface area (Å²) in [6, 6.07) is 9.27. The smallest absolute Gasteiger partial charge is 0.293 e. The predicted molar refractivity (Wildman–Crippen MR) is 96.9 cm³/mol. The van der Waals surface area contributed by atoms with E-state index in [9.17, 15) is 19.3 Å². The number of benzene rings is 2. The molecule has 0 saturated carbocycles. The number of nitrogens with one attached hydrogen (secondary N) is 1. The van der Waals surface area contributed by atoms with Crippen molar-refractivity contribution in [2.24, 2.45) is 0 Å². The van der Waals surface area contributed by atoms with E-state index in [-0.39, 0.29) is 23.6 Å². The van der Waals surface area contributed by atoms with Crippen molar-refractivity contribution in [1.82, 2.24) is 5.32 Å². The molecule has 7 heteroatoms. The minimum Gasteiger partial charge on any atom is -0.366 e. The SMILES string of the molecule is Cc1ccc(CNC(=O)c2ccc(N3CCCC3)c([N+](=O)[O-])c2)cc1F. The zero-order chi connectivity index (χ0) is 18.7. The number of anilines is 1. The van der Waals surface area contributed by atoms with Gasteiger partial charge in [-0.05, 0) is 49.1 Å². The first kappa shape index (κ1) is 17.8. The van der Waals surface area contributed by atoms with Crippen LogP contribution in [0.4, 0.5) is 15.8 Å². The number of amides is 1. The second-order valence-electron chi connectivity index (χ2n) is 6.42. The molecule has 3 rings (SSSR count). The Bertz CT molecular complexity index is 848. The lowest BCUT2D eigenvalue weighted by Crippen LogP contribution is -2.24. The molecule has 136 valence electrons. The molecule has 0 atom stereocenters. The first-order chi connectivity index (χ1) is 12.5. The Morgan fingerprint density at radius 1 is 1.23 bits per heavy atom. The molecule has 0 unspecified atom stereocenters. The average molecular weight is 357 g/mol. The van der Waals surface area contributed by atoms with Gasteiger partial charge in [-0.2, -0.15) is 0 Å². The third-order valence-corrected chi connectivity index (χ3v) is 4.57. The number of hydrogen-bond acceptors (Lipinski definition) is 4. The summed E-state index contributed by atoms with van der Waals surface area (Å²) in [6.45, 7) is 3.38. The van der Waals surface area contributed by atoms with Gasteiger partial charge < -0.3 is 10.2 Å². The van der Waals surface area contributed by atoms with E-state index in [0.717, 1.165) is 25.9 Å². The maximum atomic E-state index is 13.6. The summed E-state index contributed by atoms with van der Waals surface area (Å²) in [4.78, 5) is 25.3. The van der Waals surface area contributed by atoms with Crippen LogP contribution < -0.4 is 10.2 Å². The number of hydrogen-bond donors (Lipinski definition) is 1. The van der Waals surface area contributed by atoms with Crippen LogP contribution in [0, 0.1) is 22.9 Å². The van der Waals surface area contributed by atoms with Gasteiger partial charge >= 0.3 is 0 Å². The van der Waals surface area contributed by atoms with Crippen LogP contribution in [0.15, 0.2) is 36.4 Å². The molecule has 0 radical (unpaired) electrons. The lowest BCUT2D eigenvalue weighted by Gasteiger charge is -2.17. The van der Waals surface area contributed by atoms with Crippen molar-refractivity contribution in [2.75, 3.05) is 18.0 Å². The molecule has 6 nitrogen and oxygen atoms in total. The van der Waals surface area contributed by atoms with Crippen LogP contribution >= 0.6 is 0 Å². The van der Waals surface area contributed by atoms with Crippen LogP contribution in [-0.4, -0.2) is 23.9 Å². The highest BCUT2D eigenvalue weighted by Crippen LogP contribution is 2.31. The van der Waals surface area contributed by atoms with Crippen LogP contribution in [0.5, 0.6) is 0 Å². The van der Waals surface area contributed by atoms with Crippen molar-refractivity contribution in [3.8, 4) is 0 Å². The van der Waals surface area contributed by atoms with Crippen molar-refractivity contribution in [3.63, 3.8) is 0 Å². The van der Waals surface area contributed by atoms with Gasteiger partial charge in [-0.3, -0.25) is 14.9 Å². The molecular formula is C19H20FN3O3. The molecule has 2 aromatic carbocycles. The van der Waals surface area contributed by atoms with Gasteiger partial charge in [0.2, 0.25) is 0 Å². The van der Waals surface area contributed by atoms with E-state index in [2.05, 4.69) is 5.32 Å². The van der Waals surface area contributed by atoms with Gasteiger partial charge in [0.05, 0.1) is 4.92 Å². The Morgan fingerprint density at radius 3 is 2.62 bits per heavy atom. The Labute approximate surface area is 150 Å². The molecule has 1 aliphatic rings. The van der Waals surface area contributed by atoms with Crippen molar-refractivity contribution in [1.29, 1.82) is 0 Å². The summed E-state index contributed by atoms with van der Waals surface area (Å²) >= 11 is 0. The van der Waals surface area contributed by atoms with E-state index in [4.69, 9.17) is 0 Å². The summed E-state index contributed by atoms with van der Waals surface area (Å²) in [7, 11) is 0. The van der Waals surface area contributed by atoms with Crippen molar-refractivity contribution < 1.29 is 14.1 Å². The highest BCUT2D eigenvalue weighted by atomic mass is 19.1. The first-order valence-corrected chi connectivity index (χ1v) is 8.52. The molecule has 0 spiro atoms. The molecule has 1 N–H and O–H groups in total. The van der Waals surface area contributed by atoms with Crippen LogP contribution in [-0.2, 0) is 6.54 Å². The zero-order valence-corrected chi connectivity index (χ0v) is 14.5. The number of carbonyl (C=O) groups excluding carboxylic acids is 1. The highest BCUT2D eigenvalue weighted by molar-refractivity contribution is 5.95. The molecule has 0 bridgehead atoms. The molecule has 2 aromatic rings. The van der Waals surface area contributed by atoms with Crippen molar-refractivity contribution >= 4 is 17.3 Å². The van der Waals surface area contributed by atoms with Gasteiger partial charge in [-0.1, -0.05) is 12.1 Å². The summed E-state index contributed by atoms with van der Waals surface area (Å²) in [5.41, 5.74) is 1.86. The first-order valence-electron chi connectivity index (χ1n) is 8.52. The molecule has 1 amide bonds. The fourth-order valence-electron chi connectivity index (χ4n) is 3.07. The molecule has 1 saturated heterocycles. The Kier molecular flexibility index (Phi) is 5.16. The monoisotopic (exact) mass is 357 g/mol. The Hall–Kier alpha value is -2.96. The topological polar surface area (TPSA) is 75.5 Å². The summed E-state index contributed by atoms with van der Waals surface area (Å²) in [6.07, 6.45) is 2.01. The quantitative estimate of drug-likeness (QED) is 0.656. The number of rotatable bonds is 5. The number of nitrogens with zero attached hydrogens (tertiary/aromatic N) is 2. The van der Waals surface area contributed by atoms with Crippen LogP contribution in [0.1, 0.15) is 34.3 Å². The number of aryl methyl sites for hydroxylation is 1. The number of nitro groups is 1. The van der Waals surface area contributed by atoms with Gasteiger partial charge in [0.25, 0.3) is 11.6 Å². The Morgan fingerprint density at radius 2 is 1.96 bits per heavy atom. The average Bonchev–Trinajstić information content (AvgIpc) is 3.16. The van der Waals surface area contributed by atoms with Gasteiger partial charge in [0.15, 0.2) is 0 Å². The van der Waals surface area contributed by atoms with E-state index in [1.54, 1.807) is 31.2 Å². The van der Waals surface area contributed by atoms with Crippen molar-refractivity contribution in [2.45, 2.75) is 26.3 Å². The lowest BCUT2D eigenvalue weighted by molar-refractivity contribution is -0.384. The molecule has 0 aromatic heterocycles. The second-order valence-corrected chi connectivity index (χ2v) is 6.42. The minimum absolute atomic E-state index is 0.0686. The maximum Gasteiger partial charge on any atom is 0.293 e. The van der Waals surface area contributed by atoms with E-state index < -0.39 is 10.8 Å². The van der Waals surface area contributed by atoms with Crippen LogP contribution in [0.2, 0.25) is 0 Å². The summed E-state index contributed by atoms with van der Waals surface area (Å²) < 4.78 is 13.6. The lowest BCUT2D eigenvalue weighted by atomic mass is 10.1. The van der Waals surface area contributed by atoms with Gasteiger partial charge in [-0.25, -0.2) is 4.39 Å². The van der Waals surface area contributed by atoms with E-state index in [1.807, 2.05) is 4.90 Å². The second kappa shape index (κ2) is 7.51. The predicted octanol–water partition coefficient (Wildman–Crippen LogP) is 3.57. The summed E-state index contributed by atoms with van der Waals surface area (Å²) in [5, 5.41) is 14.1. The normalized spacial score (nSPS) is 13.7. The summed E-state index contributed by atoms with van der Waals surface area (Å²) in [5.74, 6) is -0.760. The third kappa shape index (κ3) is 3.82. The number of carbonyl (C=O) groups is 1. The molecule has 0 aliphatic carbocycles. The zero-order valence-electron chi connectivity index (χ0n) is 14.5. The molecule has 1 heterocycles. The number of halogens is 1. The molecular weight excluding hydrogens is 337 g/mol. The minimum atomic E-state index is -0.459. The third-order valence-electron chi connectivity index (χ3n) is 4.57. The molecule has 26 heavy (non-hydrogen) atoms. The van der Waals surface area contributed by atoms with Gasteiger partial charge in [-0.15, -0.1) is 0 Å². The van der Waals surface area contributed by atoms with E-state index in [0.29, 0.717) is 16.8 Å². The van der Waals surface area contributed by atoms with E-state index >= 15 is 0 Å². The van der Waals surface area contributed by atoms with E-state index in [1.165, 1.54) is 12.1 Å². The fraction of sp³-hybridized carbons (Fsp3) is 0.316. The maximum absolute atomic E-state index is 13.6. The standard InChI is InChI=1S/C19H20FN3O3/c1-13-4-5-14(10-16(13)20)12-21-19(24)15-6-7-17(18(11-15)23(25)26)22-8-2-3-9-22/h4-7,10-11H,2-3,8-9,12H2,1H3,(H,21,24).